The molecule has 2 atom stereocenters. The molecule has 1 rings (SSSR count). The van der Waals surface area contributed by atoms with E-state index >= 15 is 0 Å². The number of aliphatic hydroxyl groups is 1. The number of carbonyl (C=O) groups excluding carboxylic acids is 1. The molecular formula is C13H26N2O2. The first kappa shape index (κ1) is 14.5. The van der Waals surface area contributed by atoms with Crippen LogP contribution in [0.2, 0.25) is 0 Å². The largest absolute Gasteiger partial charge is 0.395 e. The van der Waals surface area contributed by atoms with Crippen LogP contribution in [0.15, 0.2) is 0 Å². The van der Waals surface area contributed by atoms with Crippen LogP contribution in [0.4, 0.5) is 0 Å². The standard InChI is InChI=1S/C13H26N2O2/c1-3-4-5-15(6-7-16)13(17)12-8-11(2)9-14-10-12/h11-12,14,16H,3-10H2,1-2H3. The van der Waals surface area contributed by atoms with E-state index in [1.54, 1.807) is 0 Å². The second-order valence-electron chi connectivity index (χ2n) is 5.10. The maximum atomic E-state index is 12.3. The van der Waals surface area contributed by atoms with Crippen molar-refractivity contribution < 1.29 is 9.90 Å². The predicted molar refractivity (Wildman–Crippen MR) is 68.7 cm³/mol. The molecule has 0 aromatic rings. The van der Waals surface area contributed by atoms with E-state index in [2.05, 4.69) is 19.2 Å². The summed E-state index contributed by atoms with van der Waals surface area (Å²) in [6, 6.07) is 0. The third-order valence-corrected chi connectivity index (χ3v) is 3.38. The normalized spacial score (nSPS) is 24.6. The fourth-order valence-corrected chi connectivity index (χ4v) is 2.40. The van der Waals surface area contributed by atoms with Gasteiger partial charge in [-0.15, -0.1) is 0 Å². The maximum absolute atomic E-state index is 12.3. The van der Waals surface area contributed by atoms with E-state index in [4.69, 9.17) is 5.11 Å². The van der Waals surface area contributed by atoms with Crippen LogP contribution >= 0.6 is 0 Å². The van der Waals surface area contributed by atoms with Crippen molar-refractivity contribution in [2.45, 2.75) is 33.1 Å². The minimum atomic E-state index is 0.0607. The smallest absolute Gasteiger partial charge is 0.227 e. The van der Waals surface area contributed by atoms with Crippen molar-refractivity contribution >= 4 is 5.91 Å². The minimum absolute atomic E-state index is 0.0607. The topological polar surface area (TPSA) is 52.6 Å². The molecule has 2 N–H and O–H groups in total. The fraction of sp³-hybridized carbons (Fsp3) is 0.923. The number of piperidine rings is 1. The van der Waals surface area contributed by atoms with E-state index in [0.717, 1.165) is 38.9 Å². The van der Waals surface area contributed by atoms with Gasteiger partial charge in [0, 0.05) is 19.6 Å². The second-order valence-corrected chi connectivity index (χ2v) is 5.10. The summed E-state index contributed by atoms with van der Waals surface area (Å²) in [5.41, 5.74) is 0. The van der Waals surface area contributed by atoms with Gasteiger partial charge in [0.1, 0.15) is 0 Å². The number of amides is 1. The van der Waals surface area contributed by atoms with Crippen LogP contribution in [0, 0.1) is 11.8 Å². The van der Waals surface area contributed by atoms with Gasteiger partial charge >= 0.3 is 0 Å². The van der Waals surface area contributed by atoms with Crippen molar-refractivity contribution in [2.24, 2.45) is 11.8 Å². The van der Waals surface area contributed by atoms with E-state index in [1.165, 1.54) is 0 Å². The molecule has 1 aliphatic heterocycles. The number of hydrogen-bond acceptors (Lipinski definition) is 3. The highest BCUT2D eigenvalue weighted by Gasteiger charge is 2.28. The highest BCUT2D eigenvalue weighted by Crippen LogP contribution is 2.18. The lowest BCUT2D eigenvalue weighted by molar-refractivity contribution is -0.137. The van der Waals surface area contributed by atoms with Gasteiger partial charge in [0.2, 0.25) is 5.91 Å². The fourth-order valence-electron chi connectivity index (χ4n) is 2.40. The quantitative estimate of drug-likeness (QED) is 0.726. The lowest BCUT2D eigenvalue weighted by atomic mass is 9.90. The molecule has 0 radical (unpaired) electrons. The molecule has 100 valence electrons. The van der Waals surface area contributed by atoms with Crippen LogP contribution in [0.3, 0.4) is 0 Å². The van der Waals surface area contributed by atoms with Gasteiger partial charge in [-0.3, -0.25) is 4.79 Å². The Kier molecular flexibility index (Phi) is 6.52. The van der Waals surface area contributed by atoms with Crippen molar-refractivity contribution in [1.29, 1.82) is 0 Å². The first-order chi connectivity index (χ1) is 8.19. The summed E-state index contributed by atoms with van der Waals surface area (Å²) >= 11 is 0. The van der Waals surface area contributed by atoms with Gasteiger partial charge in [-0.25, -0.2) is 0 Å². The molecule has 1 fully saturated rings. The molecule has 0 aliphatic carbocycles. The zero-order valence-corrected chi connectivity index (χ0v) is 11.1. The van der Waals surface area contributed by atoms with Crippen molar-refractivity contribution in [3.63, 3.8) is 0 Å². The number of hydrogen-bond donors (Lipinski definition) is 2. The Hall–Kier alpha value is -0.610. The first-order valence-corrected chi connectivity index (χ1v) is 6.79. The molecule has 0 spiro atoms. The highest BCUT2D eigenvalue weighted by atomic mass is 16.3. The Morgan fingerprint density at radius 2 is 2.18 bits per heavy atom. The molecule has 2 unspecified atom stereocenters. The van der Waals surface area contributed by atoms with Crippen LogP contribution in [0.1, 0.15) is 33.1 Å². The molecule has 1 amide bonds. The summed E-state index contributed by atoms with van der Waals surface area (Å²) in [5.74, 6) is 0.883. The number of nitrogens with zero attached hydrogens (tertiary/aromatic N) is 1. The number of carbonyl (C=O) groups is 1. The van der Waals surface area contributed by atoms with Gasteiger partial charge in [-0.1, -0.05) is 20.3 Å². The number of nitrogens with one attached hydrogen (secondary N) is 1. The average Bonchev–Trinajstić information content (AvgIpc) is 2.33. The maximum Gasteiger partial charge on any atom is 0.227 e. The Morgan fingerprint density at radius 3 is 2.76 bits per heavy atom. The SMILES string of the molecule is CCCCN(CCO)C(=O)C1CNCC(C)C1. The lowest BCUT2D eigenvalue weighted by Gasteiger charge is -2.31. The van der Waals surface area contributed by atoms with E-state index < -0.39 is 0 Å². The Morgan fingerprint density at radius 1 is 1.41 bits per heavy atom. The Bertz CT molecular complexity index is 233. The van der Waals surface area contributed by atoms with Crippen LogP contribution in [0.5, 0.6) is 0 Å². The van der Waals surface area contributed by atoms with E-state index in [9.17, 15) is 4.79 Å². The molecule has 17 heavy (non-hydrogen) atoms. The molecule has 4 heteroatoms. The minimum Gasteiger partial charge on any atom is -0.395 e. The first-order valence-electron chi connectivity index (χ1n) is 6.79. The van der Waals surface area contributed by atoms with Gasteiger partial charge < -0.3 is 15.3 Å². The summed E-state index contributed by atoms with van der Waals surface area (Å²) in [7, 11) is 0. The summed E-state index contributed by atoms with van der Waals surface area (Å²) in [4.78, 5) is 14.1. The average molecular weight is 242 g/mol. The van der Waals surface area contributed by atoms with Gasteiger partial charge in [0.15, 0.2) is 0 Å². The van der Waals surface area contributed by atoms with E-state index in [0.29, 0.717) is 12.5 Å². The van der Waals surface area contributed by atoms with Crippen molar-refractivity contribution in [2.75, 3.05) is 32.8 Å². The molecule has 0 aromatic carbocycles. The van der Waals surface area contributed by atoms with Crippen LogP contribution in [-0.2, 0) is 4.79 Å². The molecule has 0 bridgehead atoms. The second kappa shape index (κ2) is 7.67. The molecular weight excluding hydrogens is 216 g/mol. The van der Waals surface area contributed by atoms with Crippen LogP contribution in [0.25, 0.3) is 0 Å². The third-order valence-electron chi connectivity index (χ3n) is 3.38. The molecule has 1 saturated heterocycles. The Balaban J connectivity index is 2.50. The van der Waals surface area contributed by atoms with E-state index in [-0.39, 0.29) is 18.4 Å². The highest BCUT2D eigenvalue weighted by molar-refractivity contribution is 5.79. The number of rotatable bonds is 6. The summed E-state index contributed by atoms with van der Waals surface area (Å²) < 4.78 is 0. The molecule has 0 saturated carbocycles. The molecule has 1 aliphatic rings. The van der Waals surface area contributed by atoms with Crippen molar-refractivity contribution in [3.8, 4) is 0 Å². The van der Waals surface area contributed by atoms with Gasteiger partial charge in [-0.2, -0.15) is 0 Å². The molecule has 1 heterocycles. The van der Waals surface area contributed by atoms with Crippen LogP contribution < -0.4 is 5.32 Å². The third kappa shape index (κ3) is 4.64. The predicted octanol–water partition coefficient (Wildman–Crippen LogP) is 0.853. The molecule has 4 nitrogen and oxygen atoms in total. The van der Waals surface area contributed by atoms with Crippen LogP contribution in [-0.4, -0.2) is 48.7 Å². The van der Waals surface area contributed by atoms with Gasteiger partial charge in [-0.05, 0) is 25.3 Å². The summed E-state index contributed by atoms with van der Waals surface area (Å²) in [5, 5.41) is 12.3. The zero-order valence-electron chi connectivity index (χ0n) is 11.1. The number of unbranched alkanes of at least 4 members (excludes halogenated alkanes) is 1. The monoisotopic (exact) mass is 242 g/mol. The summed E-state index contributed by atoms with van der Waals surface area (Å²) in [6.07, 6.45) is 3.07. The van der Waals surface area contributed by atoms with Crippen molar-refractivity contribution in [1.82, 2.24) is 10.2 Å². The molecule has 0 aromatic heterocycles. The van der Waals surface area contributed by atoms with Crippen molar-refractivity contribution in [3.05, 3.63) is 0 Å². The van der Waals surface area contributed by atoms with Gasteiger partial charge in [0.25, 0.3) is 0 Å². The summed E-state index contributed by atoms with van der Waals surface area (Å²) in [6.45, 7) is 7.41. The zero-order chi connectivity index (χ0) is 12.7. The Labute approximate surface area is 104 Å². The van der Waals surface area contributed by atoms with Gasteiger partial charge in [0.05, 0.1) is 12.5 Å². The van der Waals surface area contributed by atoms with E-state index in [1.807, 2.05) is 4.90 Å². The number of aliphatic hydroxyl groups excluding tert-OH is 1. The lowest BCUT2D eigenvalue weighted by Crippen LogP contribution is -2.46.